The minimum atomic E-state index is -3.70. The SMILES string of the molecule is CC(=O)Nc1ccc(C)c(S(=O)(=O)NC(C)(C)CN)c1. The maximum absolute atomic E-state index is 12.4. The first-order valence-corrected chi connectivity index (χ1v) is 7.68. The van der Waals surface area contributed by atoms with E-state index in [-0.39, 0.29) is 17.3 Å². The molecule has 0 aliphatic heterocycles. The number of rotatable bonds is 5. The molecule has 20 heavy (non-hydrogen) atoms. The van der Waals surface area contributed by atoms with E-state index in [1.54, 1.807) is 32.9 Å². The lowest BCUT2D eigenvalue weighted by Gasteiger charge is -2.24. The van der Waals surface area contributed by atoms with Gasteiger partial charge in [-0.1, -0.05) is 6.07 Å². The molecule has 6 nitrogen and oxygen atoms in total. The summed E-state index contributed by atoms with van der Waals surface area (Å²) in [5.74, 6) is -0.257. The van der Waals surface area contributed by atoms with E-state index in [0.717, 1.165) is 0 Å². The fourth-order valence-electron chi connectivity index (χ4n) is 1.63. The highest BCUT2D eigenvalue weighted by atomic mass is 32.2. The molecule has 1 aromatic rings. The van der Waals surface area contributed by atoms with Crippen molar-refractivity contribution in [1.29, 1.82) is 0 Å². The molecule has 0 bridgehead atoms. The van der Waals surface area contributed by atoms with E-state index in [2.05, 4.69) is 10.0 Å². The second-order valence-electron chi connectivity index (χ2n) is 5.35. The molecule has 112 valence electrons. The molecule has 0 unspecified atom stereocenters. The van der Waals surface area contributed by atoms with E-state index in [1.165, 1.54) is 13.0 Å². The van der Waals surface area contributed by atoms with Gasteiger partial charge >= 0.3 is 0 Å². The normalized spacial score (nSPS) is 12.2. The molecule has 0 saturated heterocycles. The van der Waals surface area contributed by atoms with Crippen LogP contribution >= 0.6 is 0 Å². The molecule has 1 amide bonds. The van der Waals surface area contributed by atoms with E-state index in [4.69, 9.17) is 5.73 Å². The third-order valence-electron chi connectivity index (χ3n) is 2.72. The molecule has 0 heterocycles. The van der Waals surface area contributed by atoms with Gasteiger partial charge in [-0.2, -0.15) is 0 Å². The molecule has 0 aliphatic rings. The Bertz CT molecular complexity index is 609. The van der Waals surface area contributed by atoms with Gasteiger partial charge in [-0.05, 0) is 38.5 Å². The molecular formula is C13H21N3O3S. The van der Waals surface area contributed by atoms with Crippen LogP contribution in [0.25, 0.3) is 0 Å². The molecule has 0 spiro atoms. The number of amides is 1. The minimum absolute atomic E-state index is 0.130. The van der Waals surface area contributed by atoms with Crippen molar-refractivity contribution in [2.24, 2.45) is 5.73 Å². The average molecular weight is 299 g/mol. The Labute approximate surface area is 119 Å². The van der Waals surface area contributed by atoms with Crippen molar-refractivity contribution in [2.75, 3.05) is 11.9 Å². The standard InChI is InChI=1S/C13H21N3O3S/c1-9-5-6-11(15-10(2)17)7-12(9)20(18,19)16-13(3,4)8-14/h5-7,16H,8,14H2,1-4H3,(H,15,17). The number of nitrogens with one attached hydrogen (secondary N) is 2. The Hall–Kier alpha value is -1.44. The fourth-order valence-corrected chi connectivity index (χ4v) is 3.33. The number of aryl methyl sites for hydroxylation is 1. The lowest BCUT2D eigenvalue weighted by molar-refractivity contribution is -0.114. The quantitative estimate of drug-likeness (QED) is 0.754. The van der Waals surface area contributed by atoms with Crippen molar-refractivity contribution < 1.29 is 13.2 Å². The lowest BCUT2D eigenvalue weighted by Crippen LogP contribution is -2.48. The molecule has 7 heteroatoms. The second kappa shape index (κ2) is 5.90. The van der Waals surface area contributed by atoms with Crippen LogP contribution in [0.1, 0.15) is 26.3 Å². The molecule has 0 fully saturated rings. The highest BCUT2D eigenvalue weighted by Gasteiger charge is 2.26. The van der Waals surface area contributed by atoms with Gasteiger partial charge in [0, 0.05) is 24.7 Å². The fraction of sp³-hybridized carbons (Fsp3) is 0.462. The van der Waals surface area contributed by atoms with Gasteiger partial charge in [0.15, 0.2) is 0 Å². The maximum atomic E-state index is 12.4. The predicted octanol–water partition coefficient (Wildman–Crippen LogP) is 0.969. The summed E-state index contributed by atoms with van der Waals surface area (Å²) in [6.45, 7) is 6.65. The van der Waals surface area contributed by atoms with Crippen LogP contribution in [0, 0.1) is 6.92 Å². The summed E-state index contributed by atoms with van der Waals surface area (Å²) < 4.78 is 27.3. The summed E-state index contributed by atoms with van der Waals surface area (Å²) in [6, 6.07) is 4.74. The summed E-state index contributed by atoms with van der Waals surface area (Å²) in [5.41, 5.74) is 5.84. The number of carbonyl (C=O) groups is 1. The van der Waals surface area contributed by atoms with Crippen molar-refractivity contribution in [1.82, 2.24) is 4.72 Å². The number of carbonyl (C=O) groups excluding carboxylic acids is 1. The first-order valence-electron chi connectivity index (χ1n) is 6.20. The molecule has 0 aromatic heterocycles. The number of sulfonamides is 1. The Balaban J connectivity index is 3.20. The van der Waals surface area contributed by atoms with Crippen LogP contribution in [-0.4, -0.2) is 26.4 Å². The predicted molar refractivity (Wildman–Crippen MR) is 78.9 cm³/mol. The topological polar surface area (TPSA) is 101 Å². The summed E-state index contributed by atoms with van der Waals surface area (Å²) in [4.78, 5) is 11.2. The summed E-state index contributed by atoms with van der Waals surface area (Å²) >= 11 is 0. The molecular weight excluding hydrogens is 278 g/mol. The Morgan fingerprint density at radius 2 is 1.95 bits per heavy atom. The van der Waals surface area contributed by atoms with Crippen LogP contribution in [0.15, 0.2) is 23.1 Å². The van der Waals surface area contributed by atoms with Crippen LogP contribution in [0.4, 0.5) is 5.69 Å². The van der Waals surface area contributed by atoms with Gasteiger partial charge in [0.2, 0.25) is 15.9 Å². The zero-order valence-electron chi connectivity index (χ0n) is 12.1. The number of anilines is 1. The molecule has 0 aliphatic carbocycles. The monoisotopic (exact) mass is 299 g/mol. The van der Waals surface area contributed by atoms with Crippen LogP contribution < -0.4 is 15.8 Å². The van der Waals surface area contributed by atoms with Gasteiger partial charge in [-0.15, -0.1) is 0 Å². The van der Waals surface area contributed by atoms with Crippen molar-refractivity contribution in [3.8, 4) is 0 Å². The van der Waals surface area contributed by atoms with Crippen molar-refractivity contribution in [3.05, 3.63) is 23.8 Å². The minimum Gasteiger partial charge on any atom is -0.329 e. The highest BCUT2D eigenvalue weighted by Crippen LogP contribution is 2.21. The van der Waals surface area contributed by atoms with E-state index >= 15 is 0 Å². The van der Waals surface area contributed by atoms with Gasteiger partial charge in [0.05, 0.1) is 4.90 Å². The zero-order valence-corrected chi connectivity index (χ0v) is 13.0. The van der Waals surface area contributed by atoms with Gasteiger partial charge in [-0.3, -0.25) is 4.79 Å². The first-order chi connectivity index (χ1) is 9.07. The molecule has 0 atom stereocenters. The summed E-state index contributed by atoms with van der Waals surface area (Å²) in [6.07, 6.45) is 0. The smallest absolute Gasteiger partial charge is 0.241 e. The Morgan fingerprint density at radius 1 is 1.35 bits per heavy atom. The molecule has 1 aromatic carbocycles. The van der Waals surface area contributed by atoms with Crippen molar-refractivity contribution in [3.63, 3.8) is 0 Å². The molecule has 0 saturated carbocycles. The van der Waals surface area contributed by atoms with Gasteiger partial charge in [-0.25, -0.2) is 13.1 Å². The van der Waals surface area contributed by atoms with E-state index < -0.39 is 15.6 Å². The van der Waals surface area contributed by atoms with Crippen LogP contribution in [0.2, 0.25) is 0 Å². The van der Waals surface area contributed by atoms with E-state index in [1.807, 2.05) is 0 Å². The first kappa shape index (κ1) is 16.6. The summed E-state index contributed by atoms with van der Waals surface area (Å²) in [7, 11) is -3.70. The zero-order chi connectivity index (χ0) is 15.6. The molecule has 1 rings (SSSR count). The Kier molecular flexibility index (Phi) is 4.90. The third-order valence-corrected chi connectivity index (χ3v) is 4.56. The van der Waals surface area contributed by atoms with Crippen molar-refractivity contribution in [2.45, 2.75) is 38.1 Å². The summed E-state index contributed by atoms with van der Waals surface area (Å²) in [5, 5.41) is 2.57. The van der Waals surface area contributed by atoms with Gasteiger partial charge < -0.3 is 11.1 Å². The Morgan fingerprint density at radius 3 is 2.45 bits per heavy atom. The maximum Gasteiger partial charge on any atom is 0.241 e. The van der Waals surface area contributed by atoms with Crippen LogP contribution in [0.3, 0.4) is 0 Å². The largest absolute Gasteiger partial charge is 0.329 e. The molecule has 4 N–H and O–H groups in total. The second-order valence-corrected chi connectivity index (χ2v) is 7.01. The number of hydrogen-bond acceptors (Lipinski definition) is 4. The van der Waals surface area contributed by atoms with Gasteiger partial charge in [0.1, 0.15) is 0 Å². The number of nitrogens with two attached hydrogens (primary N) is 1. The van der Waals surface area contributed by atoms with E-state index in [9.17, 15) is 13.2 Å². The molecule has 0 radical (unpaired) electrons. The van der Waals surface area contributed by atoms with Crippen molar-refractivity contribution >= 4 is 21.6 Å². The third kappa shape index (κ3) is 4.29. The van der Waals surface area contributed by atoms with Crippen LogP contribution in [0.5, 0.6) is 0 Å². The average Bonchev–Trinajstić information content (AvgIpc) is 2.29. The highest BCUT2D eigenvalue weighted by molar-refractivity contribution is 7.89. The van der Waals surface area contributed by atoms with E-state index in [0.29, 0.717) is 11.3 Å². The number of benzene rings is 1. The van der Waals surface area contributed by atoms with Gasteiger partial charge in [0.25, 0.3) is 0 Å². The number of hydrogen-bond donors (Lipinski definition) is 3. The lowest BCUT2D eigenvalue weighted by atomic mass is 10.1. The van der Waals surface area contributed by atoms with Crippen LogP contribution in [-0.2, 0) is 14.8 Å².